The van der Waals surface area contributed by atoms with Crippen LogP contribution in [0.1, 0.15) is 31.2 Å². The molecule has 1 aliphatic carbocycles. The minimum Gasteiger partial charge on any atom is -0.296 e. The molecule has 0 N–H and O–H groups in total. The van der Waals surface area contributed by atoms with Gasteiger partial charge in [0.05, 0.1) is 0 Å². The van der Waals surface area contributed by atoms with E-state index in [1.165, 1.54) is 25.3 Å². The Morgan fingerprint density at radius 1 is 1.39 bits per heavy atom. The van der Waals surface area contributed by atoms with Crippen LogP contribution in [0.3, 0.4) is 0 Å². The normalized spacial score (nSPS) is 16.0. The molecule has 0 radical (unpaired) electrons. The monoisotopic (exact) mass is 333 g/mol. The van der Waals surface area contributed by atoms with Crippen LogP contribution in [-0.4, -0.2) is 22.8 Å². The van der Waals surface area contributed by atoms with Gasteiger partial charge in [-0.05, 0) is 37.9 Å². The maximum absolute atomic E-state index is 13.8. The van der Waals surface area contributed by atoms with E-state index in [0.717, 1.165) is 23.9 Å². The summed E-state index contributed by atoms with van der Waals surface area (Å²) in [6.45, 7) is 1.72. The molecule has 4 heteroatoms. The maximum atomic E-state index is 13.8. The molecule has 1 fully saturated rings. The zero-order chi connectivity index (χ0) is 13.0. The summed E-state index contributed by atoms with van der Waals surface area (Å²) in [6.07, 6.45) is 4.90. The van der Waals surface area contributed by atoms with E-state index in [1.807, 2.05) is 0 Å². The molecule has 2 rings (SSSR count). The first-order valence-corrected chi connectivity index (χ1v) is 7.94. The van der Waals surface area contributed by atoms with Gasteiger partial charge >= 0.3 is 0 Å². The Hall–Kier alpha value is -0.120. The van der Waals surface area contributed by atoms with Gasteiger partial charge in [0.25, 0.3) is 0 Å². The lowest BCUT2D eigenvalue weighted by molar-refractivity contribution is 0.119. The highest BCUT2D eigenvalue weighted by molar-refractivity contribution is 9.09. The van der Waals surface area contributed by atoms with Gasteiger partial charge < -0.3 is 0 Å². The number of hydrogen-bond acceptors (Lipinski definition) is 1. The van der Waals surface area contributed by atoms with Crippen molar-refractivity contribution in [2.45, 2.75) is 38.3 Å². The van der Waals surface area contributed by atoms with Crippen molar-refractivity contribution in [3.8, 4) is 0 Å². The first kappa shape index (κ1) is 14.3. The lowest BCUT2D eigenvalue weighted by atomic mass is 9.91. The molecule has 18 heavy (non-hydrogen) atoms. The van der Waals surface area contributed by atoms with E-state index in [2.05, 4.69) is 20.8 Å². The Balaban J connectivity index is 2.02. The summed E-state index contributed by atoms with van der Waals surface area (Å²) in [5, 5.41) is 1.46. The summed E-state index contributed by atoms with van der Waals surface area (Å²) in [4.78, 5) is 2.40. The Bertz CT molecular complexity index is 395. The highest BCUT2D eigenvalue weighted by Gasteiger charge is 2.25. The molecular formula is C14H18BrClFN. The number of alkyl halides is 1. The fourth-order valence-corrected chi connectivity index (χ4v) is 2.68. The molecular weight excluding hydrogens is 317 g/mol. The van der Waals surface area contributed by atoms with Crippen LogP contribution in [0.4, 0.5) is 4.39 Å². The molecule has 1 nitrogen and oxygen atoms in total. The molecule has 0 bridgehead atoms. The van der Waals surface area contributed by atoms with Crippen LogP contribution in [0, 0.1) is 5.82 Å². The molecule has 100 valence electrons. The van der Waals surface area contributed by atoms with Gasteiger partial charge in [-0.2, -0.15) is 0 Å². The predicted octanol–water partition coefficient (Wildman–Crippen LogP) is 4.62. The predicted molar refractivity (Wildman–Crippen MR) is 77.9 cm³/mol. The summed E-state index contributed by atoms with van der Waals surface area (Å²) in [6, 6.07) is 5.61. The second-order valence-corrected chi connectivity index (χ2v) is 6.06. The lowest BCUT2D eigenvalue weighted by Crippen LogP contribution is -2.40. The standard InChI is InChI=1S/C14H18BrClFN/c15-7-2-8-18(13-3-1-4-13)10-11-5-6-12(16)9-14(11)17/h5-6,9,13H,1-4,7-8,10H2. The van der Waals surface area contributed by atoms with Crippen molar-refractivity contribution >= 4 is 27.5 Å². The van der Waals surface area contributed by atoms with E-state index in [0.29, 0.717) is 17.6 Å². The molecule has 1 saturated carbocycles. The van der Waals surface area contributed by atoms with Crippen LogP contribution in [0.25, 0.3) is 0 Å². The number of benzene rings is 1. The summed E-state index contributed by atoms with van der Waals surface area (Å²) in [5.74, 6) is -0.189. The molecule has 0 unspecified atom stereocenters. The van der Waals surface area contributed by atoms with Gasteiger partial charge in [-0.1, -0.05) is 40.0 Å². The Kier molecular flexibility index (Phi) is 5.46. The average molecular weight is 335 g/mol. The van der Waals surface area contributed by atoms with Crippen molar-refractivity contribution in [2.75, 3.05) is 11.9 Å². The Labute approximate surface area is 121 Å². The minimum absolute atomic E-state index is 0.189. The van der Waals surface area contributed by atoms with Crippen LogP contribution in [-0.2, 0) is 6.54 Å². The Morgan fingerprint density at radius 2 is 2.17 bits per heavy atom. The van der Waals surface area contributed by atoms with Gasteiger partial charge in [0.1, 0.15) is 5.82 Å². The second-order valence-electron chi connectivity index (χ2n) is 4.83. The lowest BCUT2D eigenvalue weighted by Gasteiger charge is -2.37. The van der Waals surface area contributed by atoms with Crippen molar-refractivity contribution in [1.82, 2.24) is 4.90 Å². The van der Waals surface area contributed by atoms with E-state index in [4.69, 9.17) is 11.6 Å². The van der Waals surface area contributed by atoms with Gasteiger partial charge in [0.2, 0.25) is 0 Å². The van der Waals surface area contributed by atoms with E-state index < -0.39 is 0 Å². The molecule has 1 aromatic rings. The van der Waals surface area contributed by atoms with E-state index in [-0.39, 0.29) is 5.82 Å². The number of halogens is 3. The van der Waals surface area contributed by atoms with Gasteiger partial charge in [-0.25, -0.2) is 4.39 Å². The van der Waals surface area contributed by atoms with Crippen molar-refractivity contribution in [1.29, 1.82) is 0 Å². The second kappa shape index (κ2) is 6.88. The summed E-state index contributed by atoms with van der Waals surface area (Å²) in [5.41, 5.74) is 0.751. The van der Waals surface area contributed by atoms with Gasteiger partial charge in [-0.3, -0.25) is 4.90 Å². The van der Waals surface area contributed by atoms with Crippen LogP contribution in [0.5, 0.6) is 0 Å². The number of hydrogen-bond donors (Lipinski definition) is 0. The number of rotatable bonds is 6. The molecule has 0 amide bonds. The van der Waals surface area contributed by atoms with Crippen molar-refractivity contribution in [3.05, 3.63) is 34.6 Å². The van der Waals surface area contributed by atoms with Crippen LogP contribution >= 0.6 is 27.5 Å². The summed E-state index contributed by atoms with van der Waals surface area (Å²) < 4.78 is 13.8. The van der Waals surface area contributed by atoms with Crippen LogP contribution in [0.15, 0.2) is 18.2 Å². The molecule has 1 aliphatic rings. The Morgan fingerprint density at radius 3 is 2.72 bits per heavy atom. The molecule has 0 heterocycles. The van der Waals surface area contributed by atoms with Crippen LogP contribution < -0.4 is 0 Å². The van der Waals surface area contributed by atoms with Crippen molar-refractivity contribution in [3.63, 3.8) is 0 Å². The molecule has 0 aromatic heterocycles. The average Bonchev–Trinajstić information content (AvgIpc) is 2.27. The first-order chi connectivity index (χ1) is 8.70. The smallest absolute Gasteiger partial charge is 0.129 e. The largest absolute Gasteiger partial charge is 0.296 e. The third-order valence-corrected chi connectivity index (χ3v) is 4.35. The first-order valence-electron chi connectivity index (χ1n) is 6.44. The molecule has 0 atom stereocenters. The van der Waals surface area contributed by atoms with E-state index in [9.17, 15) is 4.39 Å². The minimum atomic E-state index is -0.189. The van der Waals surface area contributed by atoms with Gasteiger partial charge in [-0.15, -0.1) is 0 Å². The summed E-state index contributed by atoms with van der Waals surface area (Å²) >= 11 is 9.24. The molecule has 0 aliphatic heterocycles. The fourth-order valence-electron chi connectivity index (χ4n) is 2.27. The third kappa shape index (κ3) is 3.69. The van der Waals surface area contributed by atoms with Gasteiger partial charge in [0, 0.05) is 28.5 Å². The van der Waals surface area contributed by atoms with E-state index >= 15 is 0 Å². The molecule has 1 aromatic carbocycles. The van der Waals surface area contributed by atoms with Crippen molar-refractivity contribution < 1.29 is 4.39 Å². The number of nitrogens with zero attached hydrogens (tertiary/aromatic N) is 1. The molecule has 0 saturated heterocycles. The fraction of sp³-hybridized carbons (Fsp3) is 0.571. The molecule has 0 spiro atoms. The zero-order valence-corrected chi connectivity index (χ0v) is 12.7. The van der Waals surface area contributed by atoms with Crippen LogP contribution in [0.2, 0.25) is 5.02 Å². The highest BCUT2D eigenvalue weighted by atomic mass is 79.9. The van der Waals surface area contributed by atoms with Crippen molar-refractivity contribution in [2.24, 2.45) is 0 Å². The summed E-state index contributed by atoms with van der Waals surface area (Å²) in [7, 11) is 0. The van der Waals surface area contributed by atoms with E-state index in [1.54, 1.807) is 12.1 Å². The SMILES string of the molecule is Fc1cc(Cl)ccc1CN(CCCBr)C1CCC1. The topological polar surface area (TPSA) is 3.24 Å². The van der Waals surface area contributed by atoms with Gasteiger partial charge in [0.15, 0.2) is 0 Å². The third-order valence-electron chi connectivity index (χ3n) is 3.56. The highest BCUT2D eigenvalue weighted by Crippen LogP contribution is 2.27. The maximum Gasteiger partial charge on any atom is 0.129 e. The quantitative estimate of drug-likeness (QED) is 0.686. The zero-order valence-electron chi connectivity index (χ0n) is 10.3.